The van der Waals surface area contributed by atoms with E-state index in [1.807, 2.05) is 44.3 Å². The molecule has 0 saturated heterocycles. The highest BCUT2D eigenvalue weighted by molar-refractivity contribution is 7.89. The van der Waals surface area contributed by atoms with Crippen LogP contribution in [0.2, 0.25) is 0 Å². The number of ether oxygens (including phenoxy) is 1. The van der Waals surface area contributed by atoms with E-state index in [1.165, 1.54) is 12.1 Å². The van der Waals surface area contributed by atoms with Gasteiger partial charge in [-0.1, -0.05) is 30.3 Å². The highest BCUT2D eigenvalue weighted by Crippen LogP contribution is 2.15. The van der Waals surface area contributed by atoms with Crippen molar-refractivity contribution in [3.63, 3.8) is 0 Å². The molecule has 0 aliphatic carbocycles. The van der Waals surface area contributed by atoms with E-state index in [1.54, 1.807) is 12.1 Å². The van der Waals surface area contributed by atoms with Gasteiger partial charge in [0, 0.05) is 0 Å². The zero-order valence-electron chi connectivity index (χ0n) is 15.5. The Labute approximate surface area is 160 Å². The van der Waals surface area contributed by atoms with Crippen molar-refractivity contribution < 1.29 is 22.8 Å². The molecular weight excluding hydrogens is 366 g/mol. The number of quaternary nitrogens is 1. The molecule has 7 nitrogen and oxygen atoms in total. The molecule has 0 radical (unpaired) electrons. The predicted octanol–water partition coefficient (Wildman–Crippen LogP) is 0.105. The summed E-state index contributed by atoms with van der Waals surface area (Å²) < 4.78 is 28.2. The van der Waals surface area contributed by atoms with Crippen molar-refractivity contribution in [2.45, 2.75) is 17.9 Å². The summed E-state index contributed by atoms with van der Waals surface area (Å²) >= 11 is 0. The lowest BCUT2D eigenvalue weighted by Gasteiger charge is -2.18. The third kappa shape index (κ3) is 7.01. The van der Waals surface area contributed by atoms with E-state index in [2.05, 4.69) is 5.32 Å². The summed E-state index contributed by atoms with van der Waals surface area (Å²) in [6.07, 6.45) is 0. The lowest BCUT2D eigenvalue weighted by Crippen LogP contribution is -3.10. The van der Waals surface area contributed by atoms with E-state index in [0.29, 0.717) is 19.7 Å². The van der Waals surface area contributed by atoms with Gasteiger partial charge in [0.2, 0.25) is 10.0 Å². The number of nitrogens with two attached hydrogens (primary N) is 1. The first-order valence-corrected chi connectivity index (χ1v) is 10.2. The fourth-order valence-electron chi connectivity index (χ4n) is 2.54. The lowest BCUT2D eigenvalue weighted by molar-refractivity contribution is -0.871. The minimum Gasteiger partial charge on any atom is -0.488 e. The van der Waals surface area contributed by atoms with Crippen molar-refractivity contribution in [2.75, 3.05) is 26.7 Å². The summed E-state index contributed by atoms with van der Waals surface area (Å²) in [5.41, 5.74) is 0.806. The molecule has 0 heterocycles. The van der Waals surface area contributed by atoms with Crippen LogP contribution in [0.25, 0.3) is 0 Å². The number of hydrogen-bond acceptors (Lipinski definition) is 4. The third-order valence-electron chi connectivity index (χ3n) is 4.09. The number of carbonyl (C=O) groups excluding carboxylic acids is 1. The number of para-hydroxylation sites is 1. The van der Waals surface area contributed by atoms with E-state index < -0.39 is 10.0 Å². The van der Waals surface area contributed by atoms with Crippen LogP contribution in [-0.2, 0) is 14.8 Å². The number of carbonyl (C=O) groups is 1. The molecule has 0 spiro atoms. The van der Waals surface area contributed by atoms with E-state index >= 15 is 0 Å². The molecule has 2 atom stereocenters. The maximum absolute atomic E-state index is 12.2. The second kappa shape index (κ2) is 9.50. The average molecular weight is 393 g/mol. The molecule has 0 saturated carbocycles. The molecule has 27 heavy (non-hydrogen) atoms. The van der Waals surface area contributed by atoms with Crippen molar-refractivity contribution >= 4 is 15.9 Å². The number of primary sulfonamides is 1. The molecule has 1 unspecified atom stereocenters. The first kappa shape index (κ1) is 20.9. The van der Waals surface area contributed by atoms with Crippen LogP contribution in [0.4, 0.5) is 0 Å². The Kier molecular flexibility index (Phi) is 7.35. The molecule has 4 N–H and O–H groups in total. The number of hydrogen-bond donors (Lipinski definition) is 3. The van der Waals surface area contributed by atoms with E-state index in [-0.39, 0.29) is 16.8 Å². The Bertz CT molecular complexity index is 839. The topological polar surface area (TPSA) is 103 Å². The summed E-state index contributed by atoms with van der Waals surface area (Å²) in [6, 6.07) is 15.5. The van der Waals surface area contributed by atoms with Crippen molar-refractivity contribution in [1.29, 1.82) is 0 Å². The Hall–Kier alpha value is -2.42. The number of amides is 1. The summed E-state index contributed by atoms with van der Waals surface area (Å²) in [7, 11) is -1.79. The molecule has 2 rings (SSSR count). The summed E-state index contributed by atoms with van der Waals surface area (Å²) in [6.45, 7) is 3.38. The van der Waals surface area contributed by atoms with Crippen LogP contribution in [0.15, 0.2) is 59.5 Å². The zero-order chi connectivity index (χ0) is 19.9. The Morgan fingerprint density at radius 1 is 1.15 bits per heavy atom. The minimum absolute atomic E-state index is 0.0485. The van der Waals surface area contributed by atoms with Crippen LogP contribution < -0.4 is 20.1 Å². The fraction of sp³-hybridized carbons (Fsp3) is 0.316. The van der Waals surface area contributed by atoms with E-state index in [0.717, 1.165) is 16.2 Å². The number of rotatable bonds is 9. The zero-order valence-corrected chi connectivity index (χ0v) is 16.3. The standard InChI is InChI=1S/C19H25N3O4S/c1-15(16-8-10-18(11-9-16)27(20,24)25)21-19(23)14-22(2)12-13-26-17-6-4-3-5-7-17/h3-11,15H,12-14H2,1-2H3,(H,21,23)(H2,20,24,25)/p+1/t15-/m0/s1. The van der Waals surface area contributed by atoms with Crippen LogP contribution in [0, 0.1) is 0 Å². The fourth-order valence-corrected chi connectivity index (χ4v) is 3.06. The summed E-state index contributed by atoms with van der Waals surface area (Å²) in [5, 5.41) is 8.00. The van der Waals surface area contributed by atoms with Gasteiger partial charge in [-0.2, -0.15) is 0 Å². The third-order valence-corrected chi connectivity index (χ3v) is 5.02. The van der Waals surface area contributed by atoms with Gasteiger partial charge in [0.25, 0.3) is 5.91 Å². The summed E-state index contributed by atoms with van der Waals surface area (Å²) in [5.74, 6) is 0.724. The van der Waals surface area contributed by atoms with Crippen LogP contribution in [0.3, 0.4) is 0 Å². The maximum atomic E-state index is 12.2. The maximum Gasteiger partial charge on any atom is 0.275 e. The molecule has 2 aromatic carbocycles. The molecule has 0 aromatic heterocycles. The Morgan fingerprint density at radius 2 is 1.78 bits per heavy atom. The van der Waals surface area contributed by atoms with Gasteiger partial charge in [0.05, 0.1) is 18.0 Å². The summed E-state index contributed by atoms with van der Waals surface area (Å²) in [4.78, 5) is 13.3. The number of nitrogens with one attached hydrogen (secondary N) is 2. The SMILES string of the molecule is C[C@H](NC(=O)C[NH+](C)CCOc1ccccc1)c1ccc(S(N)(=O)=O)cc1. The molecule has 2 aromatic rings. The normalized spacial score (nSPS) is 13.6. The Morgan fingerprint density at radius 3 is 2.37 bits per heavy atom. The molecule has 146 valence electrons. The van der Waals surface area contributed by atoms with E-state index in [9.17, 15) is 13.2 Å². The smallest absolute Gasteiger partial charge is 0.275 e. The molecule has 8 heteroatoms. The van der Waals surface area contributed by atoms with Crippen molar-refractivity contribution in [1.82, 2.24) is 5.32 Å². The van der Waals surface area contributed by atoms with Crippen LogP contribution in [0.5, 0.6) is 5.75 Å². The Balaban J connectivity index is 1.77. The first-order valence-electron chi connectivity index (χ1n) is 8.67. The first-order chi connectivity index (χ1) is 12.8. The number of sulfonamides is 1. The quantitative estimate of drug-likeness (QED) is 0.563. The van der Waals surface area contributed by atoms with E-state index in [4.69, 9.17) is 9.88 Å². The van der Waals surface area contributed by atoms with Crippen molar-refractivity contribution in [2.24, 2.45) is 5.14 Å². The molecule has 0 fully saturated rings. The van der Waals surface area contributed by atoms with Crippen LogP contribution in [0.1, 0.15) is 18.5 Å². The van der Waals surface area contributed by atoms with Gasteiger partial charge >= 0.3 is 0 Å². The van der Waals surface area contributed by atoms with Gasteiger partial charge in [-0.05, 0) is 36.8 Å². The van der Waals surface area contributed by atoms with Gasteiger partial charge in [0.15, 0.2) is 6.54 Å². The monoisotopic (exact) mass is 392 g/mol. The molecule has 0 aliphatic rings. The van der Waals surface area contributed by atoms with Gasteiger partial charge in [-0.25, -0.2) is 13.6 Å². The van der Waals surface area contributed by atoms with Crippen molar-refractivity contribution in [3.8, 4) is 5.75 Å². The van der Waals surface area contributed by atoms with Gasteiger partial charge in [0.1, 0.15) is 18.9 Å². The van der Waals surface area contributed by atoms with Crippen molar-refractivity contribution in [3.05, 3.63) is 60.2 Å². The highest BCUT2D eigenvalue weighted by Gasteiger charge is 2.15. The van der Waals surface area contributed by atoms with Crippen LogP contribution >= 0.6 is 0 Å². The predicted molar refractivity (Wildman–Crippen MR) is 103 cm³/mol. The molecule has 1 amide bonds. The minimum atomic E-state index is -3.72. The second-order valence-corrected chi connectivity index (χ2v) is 8.01. The van der Waals surface area contributed by atoms with Crippen LogP contribution in [-0.4, -0.2) is 41.1 Å². The molecule has 0 aliphatic heterocycles. The molecular formula is C19H26N3O4S+. The average Bonchev–Trinajstić information content (AvgIpc) is 2.61. The van der Waals surface area contributed by atoms with Gasteiger partial charge < -0.3 is 15.0 Å². The lowest BCUT2D eigenvalue weighted by atomic mass is 10.1. The highest BCUT2D eigenvalue weighted by atomic mass is 32.2. The largest absolute Gasteiger partial charge is 0.488 e. The number of likely N-dealkylation sites (N-methyl/N-ethyl adjacent to an activating group) is 1. The van der Waals surface area contributed by atoms with Gasteiger partial charge in [-0.15, -0.1) is 0 Å². The number of benzene rings is 2. The second-order valence-electron chi connectivity index (χ2n) is 6.45. The van der Waals surface area contributed by atoms with Gasteiger partial charge in [-0.3, -0.25) is 4.79 Å². The molecule has 0 bridgehead atoms.